The second kappa shape index (κ2) is 6.96. The molecule has 1 fully saturated rings. The number of nitrogens with zero attached hydrogens (tertiary/aromatic N) is 2. The van der Waals surface area contributed by atoms with Crippen molar-refractivity contribution in [2.75, 3.05) is 18.4 Å². The Kier molecular flexibility index (Phi) is 4.76. The summed E-state index contributed by atoms with van der Waals surface area (Å²) in [4.78, 5) is 21.4. The molecular formula is C18H24N4O. The van der Waals surface area contributed by atoms with Gasteiger partial charge in [-0.25, -0.2) is 4.98 Å². The largest absolute Gasteiger partial charge is 0.326 e. The first-order chi connectivity index (χ1) is 11.1. The van der Waals surface area contributed by atoms with Crippen LogP contribution in [0, 0.1) is 0 Å². The fraction of sp³-hybridized carbons (Fsp3) is 0.444. The highest BCUT2D eigenvalue weighted by molar-refractivity contribution is 5.53. The van der Waals surface area contributed by atoms with Gasteiger partial charge in [0.15, 0.2) is 0 Å². The van der Waals surface area contributed by atoms with E-state index in [0.29, 0.717) is 5.95 Å². The zero-order valence-electron chi connectivity index (χ0n) is 13.8. The number of rotatable bonds is 5. The first-order valence-electron chi connectivity index (χ1n) is 8.30. The molecule has 23 heavy (non-hydrogen) atoms. The predicted octanol–water partition coefficient (Wildman–Crippen LogP) is 3.23. The van der Waals surface area contributed by atoms with Crippen LogP contribution >= 0.6 is 0 Å². The van der Waals surface area contributed by atoms with E-state index in [1.54, 1.807) is 6.07 Å². The molecule has 2 aromatic rings. The van der Waals surface area contributed by atoms with Gasteiger partial charge in [0, 0.05) is 18.3 Å². The second-order valence-corrected chi connectivity index (χ2v) is 6.48. The number of anilines is 2. The highest BCUT2D eigenvalue weighted by Crippen LogP contribution is 2.18. The molecule has 122 valence electrons. The normalized spacial score (nSPS) is 15.3. The maximum Gasteiger partial charge on any atom is 0.252 e. The van der Waals surface area contributed by atoms with E-state index in [1.165, 1.54) is 31.5 Å². The van der Waals surface area contributed by atoms with Gasteiger partial charge in [0.2, 0.25) is 5.95 Å². The third kappa shape index (κ3) is 4.20. The van der Waals surface area contributed by atoms with E-state index in [2.05, 4.69) is 32.3 Å². The lowest BCUT2D eigenvalue weighted by molar-refractivity contribution is 0.331. The molecular weight excluding hydrogens is 288 g/mol. The molecule has 1 aliphatic heterocycles. The fourth-order valence-electron chi connectivity index (χ4n) is 2.86. The van der Waals surface area contributed by atoms with Gasteiger partial charge in [-0.3, -0.25) is 14.7 Å². The first-order valence-corrected chi connectivity index (χ1v) is 8.30. The molecule has 0 bridgehead atoms. The number of H-pyrrole nitrogens is 1. The maximum atomic E-state index is 11.7. The van der Waals surface area contributed by atoms with Crippen LogP contribution in [-0.2, 0) is 6.54 Å². The van der Waals surface area contributed by atoms with Crippen LogP contribution < -0.4 is 10.9 Å². The van der Waals surface area contributed by atoms with Crippen LogP contribution in [0.25, 0.3) is 0 Å². The Hall–Kier alpha value is -2.14. The summed E-state index contributed by atoms with van der Waals surface area (Å²) in [6.07, 6.45) is 2.62. The van der Waals surface area contributed by atoms with Gasteiger partial charge in [-0.05, 0) is 49.5 Å². The lowest BCUT2D eigenvalue weighted by Gasteiger charge is -2.15. The quantitative estimate of drug-likeness (QED) is 0.890. The smallest absolute Gasteiger partial charge is 0.252 e. The van der Waals surface area contributed by atoms with Crippen molar-refractivity contribution >= 4 is 11.6 Å². The summed E-state index contributed by atoms with van der Waals surface area (Å²) < 4.78 is 0. The first kappa shape index (κ1) is 15.7. The van der Waals surface area contributed by atoms with Gasteiger partial charge in [-0.15, -0.1) is 0 Å². The van der Waals surface area contributed by atoms with Gasteiger partial charge < -0.3 is 5.32 Å². The van der Waals surface area contributed by atoms with Crippen LogP contribution in [0.2, 0.25) is 0 Å². The molecule has 2 heterocycles. The zero-order chi connectivity index (χ0) is 16.2. The lowest BCUT2D eigenvalue weighted by Crippen LogP contribution is -2.18. The maximum absolute atomic E-state index is 11.7. The second-order valence-electron chi connectivity index (χ2n) is 6.48. The average molecular weight is 312 g/mol. The average Bonchev–Trinajstić information content (AvgIpc) is 3.01. The molecule has 0 amide bonds. The summed E-state index contributed by atoms with van der Waals surface area (Å²) in [5, 5.41) is 3.18. The van der Waals surface area contributed by atoms with E-state index in [-0.39, 0.29) is 11.5 Å². The third-order valence-electron chi connectivity index (χ3n) is 4.17. The third-order valence-corrected chi connectivity index (χ3v) is 4.17. The van der Waals surface area contributed by atoms with Gasteiger partial charge in [-0.1, -0.05) is 26.0 Å². The molecule has 1 aromatic heterocycles. The van der Waals surface area contributed by atoms with Crippen molar-refractivity contribution in [3.63, 3.8) is 0 Å². The van der Waals surface area contributed by atoms with Gasteiger partial charge in [-0.2, -0.15) is 0 Å². The Morgan fingerprint density at radius 2 is 1.91 bits per heavy atom. The van der Waals surface area contributed by atoms with E-state index in [4.69, 9.17) is 0 Å². The molecule has 0 radical (unpaired) electrons. The minimum Gasteiger partial charge on any atom is -0.326 e. The van der Waals surface area contributed by atoms with Crippen molar-refractivity contribution in [2.24, 2.45) is 0 Å². The van der Waals surface area contributed by atoms with Gasteiger partial charge >= 0.3 is 0 Å². The van der Waals surface area contributed by atoms with Gasteiger partial charge in [0.05, 0.1) is 5.69 Å². The Labute approximate surface area is 136 Å². The summed E-state index contributed by atoms with van der Waals surface area (Å²) in [6, 6.07) is 9.88. The molecule has 0 unspecified atom stereocenters. The molecule has 5 nitrogen and oxygen atoms in total. The number of aromatic amines is 1. The zero-order valence-corrected chi connectivity index (χ0v) is 13.8. The molecule has 0 saturated carbocycles. The Balaban J connectivity index is 1.69. The van der Waals surface area contributed by atoms with E-state index in [9.17, 15) is 4.79 Å². The molecule has 1 aliphatic rings. The summed E-state index contributed by atoms with van der Waals surface area (Å²) in [6.45, 7) is 7.47. The summed E-state index contributed by atoms with van der Waals surface area (Å²) in [7, 11) is 0. The fourth-order valence-corrected chi connectivity index (χ4v) is 2.86. The van der Waals surface area contributed by atoms with Crippen molar-refractivity contribution in [3.05, 3.63) is 51.9 Å². The number of likely N-dealkylation sites (tertiary alicyclic amines) is 1. The Morgan fingerprint density at radius 3 is 2.57 bits per heavy atom. The number of hydrogen-bond donors (Lipinski definition) is 2. The standard InChI is InChI=1S/C18H24N4O/c1-13(2)16-11-17(23)21-18(20-16)19-15-7-5-14(6-8-15)12-22-9-3-4-10-22/h5-8,11,13H,3-4,9-10,12H2,1-2H3,(H2,19,20,21,23). The molecule has 1 saturated heterocycles. The van der Waals surface area contributed by atoms with Crippen LogP contribution in [0.1, 0.15) is 43.9 Å². The number of hydrogen-bond acceptors (Lipinski definition) is 4. The van der Waals surface area contributed by atoms with Crippen LogP contribution in [-0.4, -0.2) is 28.0 Å². The van der Waals surface area contributed by atoms with E-state index in [0.717, 1.165) is 17.9 Å². The molecule has 0 spiro atoms. The van der Waals surface area contributed by atoms with Crippen molar-refractivity contribution < 1.29 is 0 Å². The molecule has 1 aromatic carbocycles. The highest BCUT2D eigenvalue weighted by atomic mass is 16.1. The summed E-state index contributed by atoms with van der Waals surface area (Å²) in [5.41, 5.74) is 2.91. The van der Waals surface area contributed by atoms with Crippen molar-refractivity contribution in [3.8, 4) is 0 Å². The minimum absolute atomic E-state index is 0.128. The van der Waals surface area contributed by atoms with Gasteiger partial charge in [0.1, 0.15) is 0 Å². The van der Waals surface area contributed by atoms with Crippen LogP contribution in [0.4, 0.5) is 11.6 Å². The molecule has 5 heteroatoms. The van der Waals surface area contributed by atoms with Crippen LogP contribution in [0.15, 0.2) is 35.1 Å². The Morgan fingerprint density at radius 1 is 1.22 bits per heavy atom. The SMILES string of the molecule is CC(C)c1cc(=O)[nH]c(Nc2ccc(CN3CCCC3)cc2)n1. The Bertz CT molecular complexity index is 700. The van der Waals surface area contributed by atoms with Crippen molar-refractivity contribution in [2.45, 2.75) is 39.2 Å². The highest BCUT2D eigenvalue weighted by Gasteiger charge is 2.11. The van der Waals surface area contributed by atoms with Crippen molar-refractivity contribution in [1.29, 1.82) is 0 Å². The van der Waals surface area contributed by atoms with Gasteiger partial charge in [0.25, 0.3) is 5.56 Å². The number of nitrogens with one attached hydrogen (secondary N) is 2. The molecule has 0 atom stereocenters. The van der Waals surface area contributed by atoms with E-state index in [1.807, 2.05) is 26.0 Å². The topological polar surface area (TPSA) is 61.0 Å². The minimum atomic E-state index is -0.128. The lowest BCUT2D eigenvalue weighted by atomic mass is 10.1. The monoisotopic (exact) mass is 312 g/mol. The summed E-state index contributed by atoms with van der Waals surface area (Å²) >= 11 is 0. The van der Waals surface area contributed by atoms with Crippen LogP contribution in [0.5, 0.6) is 0 Å². The summed E-state index contributed by atoms with van der Waals surface area (Å²) in [5.74, 6) is 0.717. The molecule has 3 rings (SSSR count). The van der Waals surface area contributed by atoms with E-state index >= 15 is 0 Å². The van der Waals surface area contributed by atoms with Crippen LogP contribution in [0.3, 0.4) is 0 Å². The number of benzene rings is 1. The molecule has 0 aliphatic carbocycles. The number of aromatic nitrogens is 2. The predicted molar refractivity (Wildman–Crippen MR) is 93.2 cm³/mol. The molecule has 2 N–H and O–H groups in total. The van der Waals surface area contributed by atoms with Crippen molar-refractivity contribution in [1.82, 2.24) is 14.9 Å². The van der Waals surface area contributed by atoms with E-state index < -0.39 is 0 Å².